The third-order valence-corrected chi connectivity index (χ3v) is 7.04. The molecule has 0 aliphatic heterocycles. The number of amides is 2. The molecule has 4 aliphatic carbocycles. The summed E-state index contributed by atoms with van der Waals surface area (Å²) >= 11 is 7.03. The van der Waals surface area contributed by atoms with Crippen molar-refractivity contribution in [3.05, 3.63) is 21.3 Å². The monoisotopic (exact) mass is 352 g/mol. The Kier molecular flexibility index (Phi) is 3.88. The molecule has 4 fully saturated rings. The fourth-order valence-corrected chi connectivity index (χ4v) is 6.45. The average Bonchev–Trinajstić information content (AvgIpc) is 2.89. The van der Waals surface area contributed by atoms with Crippen molar-refractivity contribution in [2.75, 3.05) is 0 Å². The number of carbonyl (C=O) groups excluding carboxylic acids is 2. The van der Waals surface area contributed by atoms with Crippen molar-refractivity contribution in [2.45, 2.75) is 44.9 Å². The van der Waals surface area contributed by atoms with Gasteiger partial charge in [-0.25, -0.2) is 0 Å². The summed E-state index contributed by atoms with van der Waals surface area (Å²) in [6.45, 7) is 0. The molecule has 2 amide bonds. The van der Waals surface area contributed by atoms with Crippen LogP contribution in [0.1, 0.15) is 54.6 Å². The van der Waals surface area contributed by atoms with Gasteiger partial charge in [0.2, 0.25) is 5.91 Å². The first-order chi connectivity index (χ1) is 11.0. The highest BCUT2D eigenvalue weighted by Gasteiger charge is 2.51. The summed E-state index contributed by atoms with van der Waals surface area (Å²) in [5, 5.41) is 0. The van der Waals surface area contributed by atoms with Crippen molar-refractivity contribution < 1.29 is 9.59 Å². The smallest absolute Gasteiger partial charge is 0.273 e. The molecule has 4 saturated carbocycles. The molecule has 2 N–H and O–H groups in total. The molecule has 23 heavy (non-hydrogen) atoms. The first kappa shape index (κ1) is 15.5. The van der Waals surface area contributed by atoms with Crippen LogP contribution in [0.4, 0.5) is 0 Å². The predicted molar refractivity (Wildman–Crippen MR) is 90.2 cm³/mol. The van der Waals surface area contributed by atoms with Gasteiger partial charge in [-0.15, -0.1) is 11.3 Å². The molecule has 0 saturated heterocycles. The lowest BCUT2D eigenvalue weighted by Gasteiger charge is -2.56. The lowest BCUT2D eigenvalue weighted by Crippen LogP contribution is -2.50. The Morgan fingerprint density at radius 1 is 1.09 bits per heavy atom. The summed E-state index contributed by atoms with van der Waals surface area (Å²) in [5.41, 5.74) is 5.29. The van der Waals surface area contributed by atoms with Crippen molar-refractivity contribution in [3.63, 3.8) is 0 Å². The van der Waals surface area contributed by atoms with Gasteiger partial charge in [0.15, 0.2) is 0 Å². The Morgan fingerprint density at radius 2 is 1.70 bits per heavy atom. The van der Waals surface area contributed by atoms with Gasteiger partial charge in [-0.2, -0.15) is 0 Å². The van der Waals surface area contributed by atoms with Gasteiger partial charge in [0, 0.05) is 6.42 Å². The number of hydrogen-bond donors (Lipinski definition) is 2. The van der Waals surface area contributed by atoms with E-state index >= 15 is 0 Å². The van der Waals surface area contributed by atoms with Crippen LogP contribution >= 0.6 is 22.9 Å². The maximum absolute atomic E-state index is 12.3. The standard InChI is InChI=1S/C17H21ClN2O2S/c18-14-2-1-13(23-14)16(22)20-19-15(21)9-17-6-10-3-11(7-17)5-12(4-10)8-17/h1-2,10-12H,3-9H2,(H,19,21)(H,20,22). The number of carbonyl (C=O) groups is 2. The summed E-state index contributed by atoms with van der Waals surface area (Å²) in [5.74, 6) is 2.12. The number of thiophene rings is 1. The Balaban J connectivity index is 1.33. The third kappa shape index (κ3) is 3.13. The topological polar surface area (TPSA) is 58.2 Å². The van der Waals surface area contributed by atoms with Crippen LogP contribution in [0.2, 0.25) is 4.34 Å². The summed E-state index contributed by atoms with van der Waals surface area (Å²) in [7, 11) is 0. The quantitative estimate of drug-likeness (QED) is 0.813. The summed E-state index contributed by atoms with van der Waals surface area (Å²) in [6.07, 6.45) is 8.24. The second-order valence-electron chi connectivity index (χ2n) is 7.70. The Bertz CT molecular complexity index is 607. The zero-order chi connectivity index (χ0) is 16.0. The van der Waals surface area contributed by atoms with E-state index in [1.165, 1.54) is 49.9 Å². The molecule has 4 bridgehead atoms. The molecule has 1 heterocycles. The van der Waals surface area contributed by atoms with E-state index in [0.29, 0.717) is 15.6 Å². The largest absolute Gasteiger partial charge is 0.279 e. The zero-order valence-electron chi connectivity index (χ0n) is 12.9. The molecule has 5 rings (SSSR count). The van der Waals surface area contributed by atoms with Crippen molar-refractivity contribution >= 4 is 34.8 Å². The lowest BCUT2D eigenvalue weighted by atomic mass is 9.49. The summed E-state index contributed by atoms with van der Waals surface area (Å²) < 4.78 is 0.565. The van der Waals surface area contributed by atoms with Crippen LogP contribution in [0.15, 0.2) is 12.1 Å². The Hall–Kier alpha value is -1.07. The molecule has 4 nitrogen and oxygen atoms in total. The molecular weight excluding hydrogens is 332 g/mol. The van der Waals surface area contributed by atoms with Gasteiger partial charge in [0.1, 0.15) is 0 Å². The fourth-order valence-electron chi connectivity index (χ4n) is 5.52. The van der Waals surface area contributed by atoms with E-state index in [2.05, 4.69) is 10.9 Å². The molecule has 4 aliphatic rings. The molecule has 0 spiro atoms. The molecule has 124 valence electrons. The van der Waals surface area contributed by atoms with E-state index in [0.717, 1.165) is 17.8 Å². The van der Waals surface area contributed by atoms with Crippen LogP contribution in [-0.4, -0.2) is 11.8 Å². The molecular formula is C17H21ClN2O2S. The first-order valence-corrected chi connectivity index (χ1v) is 9.55. The minimum Gasteiger partial charge on any atom is -0.273 e. The maximum atomic E-state index is 12.3. The van der Waals surface area contributed by atoms with Gasteiger partial charge in [-0.1, -0.05) is 11.6 Å². The van der Waals surface area contributed by atoms with Gasteiger partial charge in [-0.05, 0) is 73.8 Å². The molecule has 6 heteroatoms. The molecule has 0 unspecified atom stereocenters. The highest BCUT2D eigenvalue weighted by atomic mass is 35.5. The highest BCUT2D eigenvalue weighted by molar-refractivity contribution is 7.17. The normalized spacial score (nSPS) is 34.4. The van der Waals surface area contributed by atoms with E-state index in [9.17, 15) is 9.59 Å². The Morgan fingerprint density at radius 3 is 2.22 bits per heavy atom. The van der Waals surface area contributed by atoms with Crippen molar-refractivity contribution in [1.82, 2.24) is 10.9 Å². The van der Waals surface area contributed by atoms with Gasteiger partial charge in [-0.3, -0.25) is 20.4 Å². The van der Waals surface area contributed by atoms with E-state index in [-0.39, 0.29) is 17.2 Å². The van der Waals surface area contributed by atoms with Crippen LogP contribution in [0.3, 0.4) is 0 Å². The first-order valence-electron chi connectivity index (χ1n) is 8.36. The fraction of sp³-hybridized carbons (Fsp3) is 0.647. The van der Waals surface area contributed by atoms with Crippen molar-refractivity contribution in [1.29, 1.82) is 0 Å². The van der Waals surface area contributed by atoms with E-state index in [1.54, 1.807) is 12.1 Å². The number of hydrazine groups is 1. The van der Waals surface area contributed by atoms with E-state index < -0.39 is 0 Å². The number of hydrogen-bond acceptors (Lipinski definition) is 3. The van der Waals surface area contributed by atoms with Crippen molar-refractivity contribution in [3.8, 4) is 0 Å². The average molecular weight is 353 g/mol. The second kappa shape index (κ2) is 5.78. The van der Waals surface area contributed by atoms with E-state index in [4.69, 9.17) is 11.6 Å². The lowest BCUT2D eigenvalue weighted by molar-refractivity contribution is -0.130. The van der Waals surface area contributed by atoms with Crippen LogP contribution in [0.5, 0.6) is 0 Å². The third-order valence-electron chi connectivity index (χ3n) is 5.81. The molecule has 1 aromatic heterocycles. The molecule has 1 aromatic rings. The van der Waals surface area contributed by atoms with Crippen molar-refractivity contribution in [2.24, 2.45) is 23.2 Å². The molecule has 0 atom stereocenters. The number of rotatable bonds is 3. The van der Waals surface area contributed by atoms with Gasteiger partial charge >= 0.3 is 0 Å². The van der Waals surface area contributed by atoms with Crippen LogP contribution < -0.4 is 10.9 Å². The summed E-state index contributed by atoms with van der Waals surface area (Å²) in [4.78, 5) is 24.8. The maximum Gasteiger partial charge on any atom is 0.279 e. The van der Waals surface area contributed by atoms with Crippen LogP contribution in [0, 0.1) is 23.2 Å². The molecule has 0 aromatic carbocycles. The predicted octanol–water partition coefficient (Wildman–Crippen LogP) is 3.77. The van der Waals surface area contributed by atoms with Crippen LogP contribution in [-0.2, 0) is 4.79 Å². The van der Waals surface area contributed by atoms with Crippen LogP contribution in [0.25, 0.3) is 0 Å². The second-order valence-corrected chi connectivity index (χ2v) is 9.42. The summed E-state index contributed by atoms with van der Waals surface area (Å²) in [6, 6.07) is 3.34. The minimum absolute atomic E-state index is 0.0667. The number of halogens is 1. The molecule has 0 radical (unpaired) electrons. The number of nitrogens with one attached hydrogen (secondary N) is 2. The highest BCUT2D eigenvalue weighted by Crippen LogP contribution is 2.61. The SMILES string of the molecule is O=C(CC12CC3CC(CC(C3)C1)C2)NNC(=O)c1ccc(Cl)s1. The van der Waals surface area contributed by atoms with E-state index in [1.807, 2.05) is 0 Å². The Labute approximate surface area is 144 Å². The van der Waals surface area contributed by atoms with Gasteiger partial charge in [0.05, 0.1) is 9.21 Å². The zero-order valence-corrected chi connectivity index (χ0v) is 14.5. The minimum atomic E-state index is -0.305. The van der Waals surface area contributed by atoms with Gasteiger partial charge < -0.3 is 0 Å². The van der Waals surface area contributed by atoms with Gasteiger partial charge in [0.25, 0.3) is 5.91 Å².